The summed E-state index contributed by atoms with van der Waals surface area (Å²) in [6.07, 6.45) is 2.31. The number of nitrogens with zero attached hydrogens (tertiary/aromatic N) is 3. The lowest BCUT2D eigenvalue weighted by Crippen LogP contribution is -2.31. The Balaban J connectivity index is 2.53. The molecule has 0 amide bonds. The Bertz CT molecular complexity index is 330. The number of rotatable bonds is 0. The molecule has 1 aromatic heterocycles. The summed E-state index contributed by atoms with van der Waals surface area (Å²) in [6.45, 7) is 0. The molecular formula is C6H8N4O2. The van der Waals surface area contributed by atoms with Crippen molar-refractivity contribution in [3.8, 4) is 0 Å². The predicted octanol–water partition coefficient (Wildman–Crippen LogP) is -0.693. The summed E-state index contributed by atoms with van der Waals surface area (Å²) in [4.78, 5) is 0.416. The maximum absolute atomic E-state index is 10.9. The van der Waals surface area contributed by atoms with Gasteiger partial charge in [0.1, 0.15) is 5.71 Å². The van der Waals surface area contributed by atoms with Crippen LogP contribution in [-0.2, 0) is 6.42 Å². The molecule has 2 rings (SSSR count). The van der Waals surface area contributed by atoms with E-state index in [2.05, 4.69) is 14.9 Å². The fraction of sp³-hybridized carbons (Fsp3) is 0.500. The first-order chi connectivity index (χ1) is 5.83. The standard InChI is InChI=1S/C6H8N4O2/c7-8-4-2-1-3-5-6(4)9-12-10(5)11/h1-3,7H2/b8-4-. The van der Waals surface area contributed by atoms with Crippen LogP contribution in [0, 0.1) is 5.21 Å². The SMILES string of the molecule is N/N=C1/CCCc2c1no[n+]2[O-]. The minimum Gasteiger partial charge on any atom is -0.359 e. The van der Waals surface area contributed by atoms with E-state index in [1.807, 2.05) is 0 Å². The second kappa shape index (κ2) is 2.47. The van der Waals surface area contributed by atoms with Crippen LogP contribution in [0.15, 0.2) is 9.73 Å². The third-order valence-electron chi connectivity index (χ3n) is 1.96. The van der Waals surface area contributed by atoms with Crippen molar-refractivity contribution in [3.05, 3.63) is 16.6 Å². The number of hydrazone groups is 1. The predicted molar refractivity (Wildman–Crippen MR) is 39.1 cm³/mol. The maximum atomic E-state index is 10.9. The van der Waals surface area contributed by atoms with Crippen LogP contribution in [0.25, 0.3) is 0 Å². The van der Waals surface area contributed by atoms with Gasteiger partial charge in [0.05, 0.1) is 0 Å². The molecule has 0 unspecified atom stereocenters. The summed E-state index contributed by atoms with van der Waals surface area (Å²) in [6, 6.07) is 0. The lowest BCUT2D eigenvalue weighted by molar-refractivity contribution is -0.808. The highest BCUT2D eigenvalue weighted by Crippen LogP contribution is 2.16. The Hall–Kier alpha value is -1.59. The van der Waals surface area contributed by atoms with E-state index in [1.165, 1.54) is 0 Å². The van der Waals surface area contributed by atoms with Crippen molar-refractivity contribution in [3.63, 3.8) is 0 Å². The molecular weight excluding hydrogens is 160 g/mol. The summed E-state index contributed by atoms with van der Waals surface area (Å²) >= 11 is 0. The molecule has 0 atom stereocenters. The summed E-state index contributed by atoms with van der Waals surface area (Å²) < 4.78 is 4.42. The summed E-state index contributed by atoms with van der Waals surface area (Å²) in [7, 11) is 0. The van der Waals surface area contributed by atoms with Crippen molar-refractivity contribution in [1.29, 1.82) is 0 Å². The maximum Gasteiger partial charge on any atom is 0.267 e. The Morgan fingerprint density at radius 2 is 2.42 bits per heavy atom. The van der Waals surface area contributed by atoms with Gasteiger partial charge in [0.15, 0.2) is 0 Å². The lowest BCUT2D eigenvalue weighted by Gasteiger charge is -2.05. The van der Waals surface area contributed by atoms with Gasteiger partial charge >= 0.3 is 0 Å². The summed E-state index contributed by atoms with van der Waals surface area (Å²) in [5.74, 6) is 5.12. The first kappa shape index (κ1) is 7.08. The number of aromatic nitrogens is 2. The molecule has 0 fully saturated rings. The summed E-state index contributed by atoms with van der Waals surface area (Å²) in [5, 5.41) is 18.0. The van der Waals surface area contributed by atoms with Crippen molar-refractivity contribution in [2.24, 2.45) is 10.9 Å². The van der Waals surface area contributed by atoms with Gasteiger partial charge in [-0.1, -0.05) is 0 Å². The molecule has 1 aromatic rings. The van der Waals surface area contributed by atoms with E-state index < -0.39 is 0 Å². The Morgan fingerprint density at radius 1 is 1.58 bits per heavy atom. The topological polar surface area (TPSA) is 91.3 Å². The summed E-state index contributed by atoms with van der Waals surface area (Å²) in [5.41, 5.74) is 1.69. The molecule has 1 heterocycles. The van der Waals surface area contributed by atoms with E-state index in [0.29, 0.717) is 28.4 Å². The van der Waals surface area contributed by atoms with Crippen molar-refractivity contribution < 1.29 is 9.53 Å². The van der Waals surface area contributed by atoms with Gasteiger partial charge in [-0.25, -0.2) is 0 Å². The van der Waals surface area contributed by atoms with Crippen LogP contribution in [0.2, 0.25) is 0 Å². The fourth-order valence-corrected chi connectivity index (χ4v) is 1.36. The van der Waals surface area contributed by atoms with Gasteiger partial charge in [-0.2, -0.15) is 5.10 Å². The van der Waals surface area contributed by atoms with Gasteiger partial charge in [-0.05, 0) is 17.7 Å². The molecule has 0 bridgehead atoms. The van der Waals surface area contributed by atoms with Crippen molar-refractivity contribution in [1.82, 2.24) is 5.16 Å². The molecule has 0 spiro atoms. The molecule has 1 aliphatic carbocycles. The van der Waals surface area contributed by atoms with Gasteiger partial charge in [0, 0.05) is 11.6 Å². The molecule has 0 aromatic carbocycles. The smallest absolute Gasteiger partial charge is 0.267 e. The zero-order valence-electron chi connectivity index (χ0n) is 6.36. The molecule has 64 valence electrons. The normalized spacial score (nSPS) is 19.5. The van der Waals surface area contributed by atoms with Crippen LogP contribution in [0.5, 0.6) is 0 Å². The highest BCUT2D eigenvalue weighted by atomic mass is 16.8. The van der Waals surface area contributed by atoms with Crippen molar-refractivity contribution in [2.75, 3.05) is 0 Å². The molecule has 2 N–H and O–H groups in total. The van der Waals surface area contributed by atoms with E-state index in [-0.39, 0.29) is 0 Å². The monoisotopic (exact) mass is 168 g/mol. The molecule has 1 aliphatic rings. The van der Waals surface area contributed by atoms with Crippen molar-refractivity contribution in [2.45, 2.75) is 19.3 Å². The zero-order chi connectivity index (χ0) is 8.55. The molecule has 6 heteroatoms. The average molecular weight is 168 g/mol. The first-order valence-electron chi connectivity index (χ1n) is 3.68. The van der Waals surface area contributed by atoms with E-state index >= 15 is 0 Å². The molecule has 0 saturated carbocycles. The van der Waals surface area contributed by atoms with Gasteiger partial charge in [0.25, 0.3) is 5.69 Å². The number of nitrogens with two attached hydrogens (primary N) is 1. The lowest BCUT2D eigenvalue weighted by atomic mass is 9.99. The van der Waals surface area contributed by atoms with Crippen LogP contribution < -0.4 is 10.7 Å². The number of fused-ring (bicyclic) bond motifs is 1. The molecule has 0 saturated heterocycles. The van der Waals surface area contributed by atoms with Gasteiger partial charge < -0.3 is 11.0 Å². The van der Waals surface area contributed by atoms with Crippen LogP contribution in [0.3, 0.4) is 0 Å². The number of hydrogen-bond donors (Lipinski definition) is 1. The highest BCUT2D eigenvalue weighted by molar-refractivity contribution is 5.99. The Morgan fingerprint density at radius 3 is 3.17 bits per heavy atom. The van der Waals surface area contributed by atoms with E-state index in [1.54, 1.807) is 0 Å². The van der Waals surface area contributed by atoms with Crippen LogP contribution >= 0.6 is 0 Å². The average Bonchev–Trinajstić information content (AvgIpc) is 2.48. The van der Waals surface area contributed by atoms with Crippen molar-refractivity contribution >= 4 is 5.71 Å². The van der Waals surface area contributed by atoms with Crippen LogP contribution in [0.4, 0.5) is 0 Å². The highest BCUT2D eigenvalue weighted by Gasteiger charge is 2.27. The molecule has 0 aliphatic heterocycles. The Labute approximate surface area is 68.2 Å². The minimum absolute atomic E-state index is 0.416. The van der Waals surface area contributed by atoms with Gasteiger partial charge in [-0.3, -0.25) is 4.63 Å². The Kier molecular flexibility index (Phi) is 1.46. The van der Waals surface area contributed by atoms with Gasteiger partial charge in [-0.15, -0.1) is 0 Å². The van der Waals surface area contributed by atoms with Crippen LogP contribution in [-0.4, -0.2) is 10.9 Å². The second-order valence-electron chi connectivity index (χ2n) is 2.65. The molecule has 12 heavy (non-hydrogen) atoms. The second-order valence-corrected chi connectivity index (χ2v) is 2.65. The molecule has 0 radical (unpaired) electrons. The first-order valence-corrected chi connectivity index (χ1v) is 3.68. The third kappa shape index (κ3) is 0.843. The van der Waals surface area contributed by atoms with E-state index in [0.717, 1.165) is 12.8 Å². The molecule has 6 nitrogen and oxygen atoms in total. The zero-order valence-corrected chi connectivity index (χ0v) is 6.36. The van der Waals surface area contributed by atoms with E-state index in [9.17, 15) is 5.21 Å². The third-order valence-corrected chi connectivity index (χ3v) is 1.96. The minimum atomic E-state index is 0.416. The number of hydrogen-bond acceptors (Lipinski definition) is 5. The van der Waals surface area contributed by atoms with Gasteiger partial charge in [0.2, 0.25) is 5.69 Å². The van der Waals surface area contributed by atoms with Crippen LogP contribution in [0.1, 0.15) is 24.2 Å². The quantitative estimate of drug-likeness (QED) is 0.315. The largest absolute Gasteiger partial charge is 0.359 e. The van der Waals surface area contributed by atoms with E-state index in [4.69, 9.17) is 5.84 Å². The fourth-order valence-electron chi connectivity index (χ4n) is 1.36.